The molecule has 4 aromatic rings. The Morgan fingerprint density at radius 2 is 2.00 bits per heavy atom. The summed E-state index contributed by atoms with van der Waals surface area (Å²) in [5.74, 6) is 0.318. The van der Waals surface area contributed by atoms with Crippen LogP contribution >= 0.6 is 0 Å². The monoisotopic (exact) mass is 419 g/mol. The molecule has 1 aromatic carbocycles. The molecule has 1 aliphatic heterocycles. The average molecular weight is 419 g/mol. The summed E-state index contributed by atoms with van der Waals surface area (Å²) in [5.41, 5.74) is 2.68. The van der Waals surface area contributed by atoms with Crippen LogP contribution in [0.2, 0.25) is 0 Å². The molecule has 158 valence electrons. The van der Waals surface area contributed by atoms with E-state index in [9.17, 15) is 14.0 Å². The summed E-state index contributed by atoms with van der Waals surface area (Å²) in [6, 6.07) is 12.2. The molecule has 0 amide bonds. The van der Waals surface area contributed by atoms with E-state index in [0.717, 1.165) is 43.6 Å². The molecule has 0 spiro atoms. The Balaban J connectivity index is 1.33. The normalized spacial score (nSPS) is 16.9. The van der Waals surface area contributed by atoms with Crippen molar-refractivity contribution in [3.63, 3.8) is 0 Å². The van der Waals surface area contributed by atoms with Gasteiger partial charge < -0.3 is 0 Å². The highest BCUT2D eigenvalue weighted by Crippen LogP contribution is 2.24. The van der Waals surface area contributed by atoms with Gasteiger partial charge in [-0.2, -0.15) is 5.10 Å². The first-order valence-corrected chi connectivity index (χ1v) is 10.3. The number of H-pyrrole nitrogens is 1. The standard InChI is InChI=1S/C23H22FN5O2/c24-19-3-1-2-17(11-19)14-27-7-4-18(15-27)10-16-5-9-29-20(12-16)21(13-25-29)28-8-6-22(30)26-23(28)31/h1-3,5-6,8-9,11-13,18H,4,7,10,14-15H2,(H,26,30,31). The fourth-order valence-corrected chi connectivity index (χ4v) is 4.38. The van der Waals surface area contributed by atoms with Gasteiger partial charge in [0.15, 0.2) is 0 Å². The molecule has 1 saturated heterocycles. The van der Waals surface area contributed by atoms with Crippen LogP contribution in [-0.4, -0.2) is 37.2 Å². The second kappa shape index (κ2) is 7.96. The van der Waals surface area contributed by atoms with Gasteiger partial charge in [0.2, 0.25) is 0 Å². The number of hydrogen-bond acceptors (Lipinski definition) is 4. The number of benzene rings is 1. The van der Waals surface area contributed by atoms with E-state index in [1.807, 2.05) is 12.3 Å². The number of rotatable bonds is 5. The van der Waals surface area contributed by atoms with Gasteiger partial charge in [-0.3, -0.25) is 19.2 Å². The van der Waals surface area contributed by atoms with Crippen molar-refractivity contribution in [2.75, 3.05) is 13.1 Å². The Morgan fingerprint density at radius 3 is 2.84 bits per heavy atom. The molecule has 5 rings (SSSR count). The molecule has 1 atom stereocenters. The molecule has 0 aliphatic carbocycles. The molecule has 0 saturated carbocycles. The van der Waals surface area contributed by atoms with Crippen molar-refractivity contribution < 1.29 is 4.39 Å². The van der Waals surface area contributed by atoms with Crippen LogP contribution < -0.4 is 11.2 Å². The SMILES string of the molecule is O=c1ccn(-c2cnn3ccc(CC4CCN(Cc5cccc(F)c5)C4)cc23)c(=O)[nH]1. The van der Waals surface area contributed by atoms with Crippen molar-refractivity contribution in [3.05, 3.63) is 98.8 Å². The molecule has 0 radical (unpaired) electrons. The summed E-state index contributed by atoms with van der Waals surface area (Å²) in [5, 5.41) is 4.32. The molecule has 1 fully saturated rings. The first kappa shape index (κ1) is 19.4. The van der Waals surface area contributed by atoms with Crippen LogP contribution in [0.25, 0.3) is 11.2 Å². The summed E-state index contributed by atoms with van der Waals surface area (Å²) >= 11 is 0. The summed E-state index contributed by atoms with van der Waals surface area (Å²) in [4.78, 5) is 28.2. The Bertz CT molecular complexity index is 1360. The van der Waals surface area contributed by atoms with Crippen LogP contribution in [0.1, 0.15) is 17.5 Å². The zero-order valence-electron chi connectivity index (χ0n) is 16.9. The first-order valence-electron chi connectivity index (χ1n) is 10.3. The lowest BCUT2D eigenvalue weighted by Crippen LogP contribution is -2.27. The lowest BCUT2D eigenvalue weighted by atomic mass is 9.99. The van der Waals surface area contributed by atoms with Crippen LogP contribution in [0.5, 0.6) is 0 Å². The van der Waals surface area contributed by atoms with E-state index in [4.69, 9.17) is 0 Å². The largest absolute Gasteiger partial charge is 0.333 e. The van der Waals surface area contributed by atoms with E-state index in [-0.39, 0.29) is 5.82 Å². The van der Waals surface area contributed by atoms with Crippen molar-refractivity contribution in [2.45, 2.75) is 19.4 Å². The topological polar surface area (TPSA) is 75.4 Å². The summed E-state index contributed by atoms with van der Waals surface area (Å²) in [7, 11) is 0. The van der Waals surface area contributed by atoms with Gasteiger partial charge >= 0.3 is 5.69 Å². The second-order valence-electron chi connectivity index (χ2n) is 8.10. The van der Waals surface area contributed by atoms with Crippen LogP contribution in [-0.2, 0) is 13.0 Å². The maximum absolute atomic E-state index is 13.4. The third-order valence-corrected chi connectivity index (χ3v) is 5.84. The van der Waals surface area contributed by atoms with Gasteiger partial charge in [0.1, 0.15) is 5.82 Å². The van der Waals surface area contributed by atoms with Crippen LogP contribution in [0.15, 0.2) is 70.6 Å². The van der Waals surface area contributed by atoms with Gasteiger partial charge in [-0.05, 0) is 60.7 Å². The predicted molar refractivity (Wildman–Crippen MR) is 115 cm³/mol. The summed E-state index contributed by atoms with van der Waals surface area (Å²) in [6.07, 6.45) is 6.98. The zero-order chi connectivity index (χ0) is 21.4. The number of halogens is 1. The van der Waals surface area contributed by atoms with Gasteiger partial charge in [0, 0.05) is 31.5 Å². The van der Waals surface area contributed by atoms with E-state index >= 15 is 0 Å². The highest BCUT2D eigenvalue weighted by Gasteiger charge is 2.23. The fraction of sp³-hybridized carbons (Fsp3) is 0.261. The summed E-state index contributed by atoms with van der Waals surface area (Å²) in [6.45, 7) is 2.72. The van der Waals surface area contributed by atoms with E-state index < -0.39 is 11.2 Å². The van der Waals surface area contributed by atoms with Crippen LogP contribution in [0.4, 0.5) is 4.39 Å². The average Bonchev–Trinajstić information content (AvgIpc) is 3.35. The highest BCUT2D eigenvalue weighted by molar-refractivity contribution is 5.64. The number of aromatic amines is 1. The minimum absolute atomic E-state index is 0.195. The molecular weight excluding hydrogens is 397 g/mol. The van der Waals surface area contributed by atoms with Gasteiger partial charge in [0.05, 0.1) is 17.4 Å². The third kappa shape index (κ3) is 4.06. The van der Waals surface area contributed by atoms with Crippen molar-refractivity contribution in [3.8, 4) is 5.69 Å². The number of likely N-dealkylation sites (tertiary alicyclic amines) is 1. The zero-order valence-corrected chi connectivity index (χ0v) is 16.9. The van der Waals surface area contributed by atoms with E-state index in [1.165, 1.54) is 28.5 Å². The highest BCUT2D eigenvalue weighted by atomic mass is 19.1. The minimum Gasteiger partial charge on any atom is -0.299 e. The Labute approximate surface area is 177 Å². The Hall–Kier alpha value is -3.52. The van der Waals surface area contributed by atoms with Gasteiger partial charge in [-0.25, -0.2) is 13.7 Å². The molecule has 4 heterocycles. The number of pyridine rings is 1. The lowest BCUT2D eigenvalue weighted by molar-refractivity contribution is 0.316. The summed E-state index contributed by atoms with van der Waals surface area (Å²) < 4.78 is 16.6. The smallest absolute Gasteiger partial charge is 0.299 e. The first-order chi connectivity index (χ1) is 15.0. The predicted octanol–water partition coefficient (Wildman–Crippen LogP) is 2.38. The quantitative estimate of drug-likeness (QED) is 0.539. The number of nitrogens with zero attached hydrogens (tertiary/aromatic N) is 4. The minimum atomic E-state index is -0.489. The maximum atomic E-state index is 13.4. The molecule has 1 unspecified atom stereocenters. The van der Waals surface area contributed by atoms with E-state index in [2.05, 4.69) is 27.1 Å². The van der Waals surface area contributed by atoms with Crippen molar-refractivity contribution >= 4 is 5.52 Å². The molecule has 31 heavy (non-hydrogen) atoms. The molecular formula is C23H22FN5O2. The second-order valence-corrected chi connectivity index (χ2v) is 8.10. The molecule has 7 nitrogen and oxygen atoms in total. The van der Waals surface area contributed by atoms with Crippen LogP contribution in [0.3, 0.4) is 0 Å². The van der Waals surface area contributed by atoms with Gasteiger partial charge in [0.25, 0.3) is 5.56 Å². The van der Waals surface area contributed by atoms with Gasteiger partial charge in [-0.1, -0.05) is 12.1 Å². The van der Waals surface area contributed by atoms with Crippen molar-refractivity contribution in [1.29, 1.82) is 0 Å². The van der Waals surface area contributed by atoms with E-state index in [0.29, 0.717) is 11.6 Å². The molecule has 3 aromatic heterocycles. The Kier molecular flexibility index (Phi) is 4.99. The van der Waals surface area contributed by atoms with Crippen molar-refractivity contribution in [1.82, 2.24) is 24.1 Å². The van der Waals surface area contributed by atoms with E-state index in [1.54, 1.807) is 22.8 Å². The lowest BCUT2D eigenvalue weighted by Gasteiger charge is -2.16. The molecule has 0 bridgehead atoms. The molecule has 1 aliphatic rings. The molecule has 1 N–H and O–H groups in total. The number of aromatic nitrogens is 4. The maximum Gasteiger partial charge on any atom is 0.333 e. The van der Waals surface area contributed by atoms with Gasteiger partial charge in [-0.15, -0.1) is 0 Å². The number of hydrogen-bond donors (Lipinski definition) is 1. The van der Waals surface area contributed by atoms with Crippen molar-refractivity contribution in [2.24, 2.45) is 5.92 Å². The number of fused-ring (bicyclic) bond motifs is 1. The Morgan fingerprint density at radius 1 is 1.10 bits per heavy atom. The number of nitrogens with one attached hydrogen (secondary N) is 1. The fourth-order valence-electron chi connectivity index (χ4n) is 4.38. The van der Waals surface area contributed by atoms with Crippen LogP contribution in [0, 0.1) is 11.7 Å². The third-order valence-electron chi connectivity index (χ3n) is 5.84. The molecule has 8 heteroatoms.